The van der Waals surface area contributed by atoms with E-state index in [1.807, 2.05) is 51.1 Å². The lowest BCUT2D eigenvalue weighted by molar-refractivity contribution is 0.287. The van der Waals surface area contributed by atoms with E-state index in [-0.39, 0.29) is 6.04 Å². The van der Waals surface area contributed by atoms with Gasteiger partial charge in [-0.05, 0) is 62.8 Å². The first-order valence-electron chi connectivity index (χ1n) is 8.10. The molecule has 0 unspecified atom stereocenters. The van der Waals surface area contributed by atoms with E-state index < -0.39 is 0 Å². The Morgan fingerprint density at radius 1 is 1.17 bits per heavy atom. The third-order valence-corrected chi connectivity index (χ3v) is 3.68. The van der Waals surface area contributed by atoms with Gasteiger partial charge in [0.05, 0.1) is 32.1 Å². The van der Waals surface area contributed by atoms with Crippen molar-refractivity contribution in [3.8, 4) is 11.5 Å². The SMILES string of the molecule is CCOc1ccc([C@H](C)NC(=S)NCc2ccco2)cc1OCC. The first-order chi connectivity index (χ1) is 11.6. The smallest absolute Gasteiger partial charge is 0.167 e. The molecule has 0 spiro atoms. The molecule has 0 saturated heterocycles. The third kappa shape index (κ3) is 5.16. The van der Waals surface area contributed by atoms with Crippen molar-refractivity contribution in [2.75, 3.05) is 13.2 Å². The van der Waals surface area contributed by atoms with Gasteiger partial charge in [-0.2, -0.15) is 0 Å². The van der Waals surface area contributed by atoms with Crippen molar-refractivity contribution < 1.29 is 13.9 Å². The molecule has 0 aliphatic carbocycles. The van der Waals surface area contributed by atoms with E-state index in [0.29, 0.717) is 24.9 Å². The Balaban J connectivity index is 1.96. The largest absolute Gasteiger partial charge is 0.490 e. The second-order valence-corrected chi connectivity index (χ2v) is 5.61. The van der Waals surface area contributed by atoms with Crippen LogP contribution in [0.1, 0.15) is 38.1 Å². The van der Waals surface area contributed by atoms with Crippen LogP contribution in [0, 0.1) is 0 Å². The molecule has 6 heteroatoms. The first-order valence-corrected chi connectivity index (χ1v) is 8.51. The van der Waals surface area contributed by atoms with Crippen LogP contribution in [0.2, 0.25) is 0 Å². The summed E-state index contributed by atoms with van der Waals surface area (Å²) in [6.45, 7) is 7.71. The van der Waals surface area contributed by atoms with Crippen molar-refractivity contribution in [3.05, 3.63) is 47.9 Å². The van der Waals surface area contributed by atoms with Crippen molar-refractivity contribution in [1.82, 2.24) is 10.6 Å². The van der Waals surface area contributed by atoms with E-state index in [9.17, 15) is 0 Å². The van der Waals surface area contributed by atoms with Gasteiger partial charge in [0.1, 0.15) is 5.76 Å². The van der Waals surface area contributed by atoms with E-state index in [1.54, 1.807) is 6.26 Å². The topological polar surface area (TPSA) is 55.7 Å². The molecule has 2 aromatic rings. The van der Waals surface area contributed by atoms with Gasteiger partial charge in [-0.15, -0.1) is 0 Å². The minimum atomic E-state index is 0.0384. The van der Waals surface area contributed by atoms with Crippen LogP contribution in [0.5, 0.6) is 11.5 Å². The number of thiocarbonyl (C=S) groups is 1. The van der Waals surface area contributed by atoms with E-state index in [4.69, 9.17) is 26.1 Å². The zero-order valence-electron chi connectivity index (χ0n) is 14.3. The highest BCUT2D eigenvalue weighted by Gasteiger charge is 2.12. The van der Waals surface area contributed by atoms with Gasteiger partial charge in [0.2, 0.25) is 0 Å². The zero-order chi connectivity index (χ0) is 17.4. The predicted octanol–water partition coefficient (Wildman–Crippen LogP) is 3.80. The maximum atomic E-state index is 5.67. The van der Waals surface area contributed by atoms with Crippen molar-refractivity contribution in [3.63, 3.8) is 0 Å². The normalized spacial score (nSPS) is 11.6. The summed E-state index contributed by atoms with van der Waals surface area (Å²) in [4.78, 5) is 0. The summed E-state index contributed by atoms with van der Waals surface area (Å²) in [5, 5.41) is 6.96. The Bertz CT molecular complexity index is 644. The Labute approximate surface area is 148 Å². The Hall–Kier alpha value is -2.21. The highest BCUT2D eigenvalue weighted by atomic mass is 32.1. The van der Waals surface area contributed by atoms with Gasteiger partial charge in [-0.25, -0.2) is 0 Å². The van der Waals surface area contributed by atoms with Gasteiger partial charge in [-0.1, -0.05) is 6.07 Å². The third-order valence-electron chi connectivity index (χ3n) is 3.42. The van der Waals surface area contributed by atoms with Crippen molar-refractivity contribution >= 4 is 17.3 Å². The van der Waals surface area contributed by atoms with Crippen LogP contribution in [0.25, 0.3) is 0 Å². The van der Waals surface area contributed by atoms with Crippen LogP contribution in [0.4, 0.5) is 0 Å². The molecule has 0 fully saturated rings. The monoisotopic (exact) mass is 348 g/mol. The molecule has 24 heavy (non-hydrogen) atoms. The fourth-order valence-corrected chi connectivity index (χ4v) is 2.50. The summed E-state index contributed by atoms with van der Waals surface area (Å²) in [7, 11) is 0. The average Bonchev–Trinajstić information content (AvgIpc) is 3.08. The molecule has 0 saturated carbocycles. The molecular weight excluding hydrogens is 324 g/mol. The van der Waals surface area contributed by atoms with Crippen molar-refractivity contribution in [2.45, 2.75) is 33.4 Å². The average molecular weight is 348 g/mol. The summed E-state index contributed by atoms with van der Waals surface area (Å²) in [6, 6.07) is 9.73. The lowest BCUT2D eigenvalue weighted by Crippen LogP contribution is -2.36. The Morgan fingerprint density at radius 2 is 1.92 bits per heavy atom. The standard InChI is InChI=1S/C18H24N2O3S/c1-4-21-16-9-8-14(11-17(16)22-5-2)13(3)20-18(24)19-12-15-7-6-10-23-15/h6-11,13H,4-5,12H2,1-3H3,(H2,19,20,24)/t13-/m0/s1. The number of ether oxygens (including phenoxy) is 2. The predicted molar refractivity (Wildman–Crippen MR) is 98.5 cm³/mol. The molecule has 0 amide bonds. The van der Waals surface area contributed by atoms with Crippen LogP contribution < -0.4 is 20.1 Å². The van der Waals surface area contributed by atoms with Gasteiger partial charge in [0.25, 0.3) is 0 Å². The van der Waals surface area contributed by atoms with Crippen LogP contribution in [0.3, 0.4) is 0 Å². The number of hydrogen-bond donors (Lipinski definition) is 2. The molecule has 0 aliphatic rings. The van der Waals surface area contributed by atoms with Gasteiger partial charge in [-0.3, -0.25) is 0 Å². The quantitative estimate of drug-likeness (QED) is 0.708. The maximum absolute atomic E-state index is 5.67. The zero-order valence-corrected chi connectivity index (χ0v) is 15.1. The number of hydrogen-bond acceptors (Lipinski definition) is 4. The number of benzene rings is 1. The van der Waals surface area contributed by atoms with Crippen LogP contribution in [-0.2, 0) is 6.54 Å². The lowest BCUT2D eigenvalue weighted by atomic mass is 10.1. The number of furan rings is 1. The summed E-state index contributed by atoms with van der Waals surface area (Å²) < 4.78 is 16.5. The molecule has 1 aromatic heterocycles. The summed E-state index contributed by atoms with van der Waals surface area (Å²) in [5.74, 6) is 2.35. The molecule has 1 atom stereocenters. The number of rotatable bonds is 8. The lowest BCUT2D eigenvalue weighted by Gasteiger charge is -2.19. The fourth-order valence-electron chi connectivity index (χ4n) is 2.25. The first kappa shape index (κ1) is 18.1. The van der Waals surface area contributed by atoms with Gasteiger partial charge in [0.15, 0.2) is 16.6 Å². The molecular formula is C18H24N2O3S. The van der Waals surface area contributed by atoms with E-state index >= 15 is 0 Å². The molecule has 2 rings (SSSR count). The molecule has 130 valence electrons. The van der Waals surface area contributed by atoms with Crippen LogP contribution in [-0.4, -0.2) is 18.3 Å². The minimum absolute atomic E-state index is 0.0384. The van der Waals surface area contributed by atoms with Gasteiger partial charge < -0.3 is 24.5 Å². The molecule has 5 nitrogen and oxygen atoms in total. The highest BCUT2D eigenvalue weighted by Crippen LogP contribution is 2.30. The molecule has 0 radical (unpaired) electrons. The number of nitrogens with one attached hydrogen (secondary N) is 2. The maximum Gasteiger partial charge on any atom is 0.167 e. The van der Waals surface area contributed by atoms with Gasteiger partial charge in [0, 0.05) is 0 Å². The summed E-state index contributed by atoms with van der Waals surface area (Å²) in [6.07, 6.45) is 1.64. The van der Waals surface area contributed by atoms with Gasteiger partial charge >= 0.3 is 0 Å². The van der Waals surface area contributed by atoms with Crippen molar-refractivity contribution in [1.29, 1.82) is 0 Å². The van der Waals surface area contributed by atoms with E-state index in [0.717, 1.165) is 22.8 Å². The molecule has 1 heterocycles. The van der Waals surface area contributed by atoms with E-state index in [1.165, 1.54) is 0 Å². The summed E-state index contributed by atoms with van der Waals surface area (Å²) in [5.41, 5.74) is 1.07. The van der Waals surface area contributed by atoms with E-state index in [2.05, 4.69) is 10.6 Å². The fraction of sp³-hybridized carbons (Fsp3) is 0.389. The molecule has 2 N–H and O–H groups in total. The molecule has 1 aromatic carbocycles. The second-order valence-electron chi connectivity index (χ2n) is 5.20. The summed E-state index contributed by atoms with van der Waals surface area (Å²) >= 11 is 5.33. The van der Waals surface area contributed by atoms with Crippen molar-refractivity contribution in [2.24, 2.45) is 0 Å². The highest BCUT2D eigenvalue weighted by molar-refractivity contribution is 7.80. The molecule has 0 bridgehead atoms. The van der Waals surface area contributed by atoms with Crippen LogP contribution in [0.15, 0.2) is 41.0 Å². The Morgan fingerprint density at radius 3 is 2.58 bits per heavy atom. The van der Waals surface area contributed by atoms with Crippen LogP contribution >= 0.6 is 12.2 Å². The Kier molecular flexibility index (Phi) is 6.93. The molecule has 0 aliphatic heterocycles. The second kappa shape index (κ2) is 9.17. The minimum Gasteiger partial charge on any atom is -0.490 e.